The lowest BCUT2D eigenvalue weighted by Crippen LogP contribution is -3.61. The first-order valence-corrected chi connectivity index (χ1v) is 9.51. The molecule has 0 unspecified atom stereocenters. The number of halogens is 1. The van der Waals surface area contributed by atoms with Gasteiger partial charge in [-0.3, -0.25) is 0 Å². The summed E-state index contributed by atoms with van der Waals surface area (Å²) in [7, 11) is 0. The third-order valence-corrected chi connectivity index (χ3v) is 6.29. The molecule has 1 heteroatoms. The molecule has 0 radical (unpaired) electrons. The molecule has 3 rings (SSSR count). The summed E-state index contributed by atoms with van der Waals surface area (Å²) in [6.45, 7) is 2.12. The highest BCUT2D eigenvalue weighted by Gasteiger charge is 2.17. The van der Waals surface area contributed by atoms with Gasteiger partial charge in [-0.05, 0) is 36.8 Å². The molecule has 0 aliphatic carbocycles. The van der Waals surface area contributed by atoms with Crippen LogP contribution in [0.25, 0.3) is 12.2 Å². The van der Waals surface area contributed by atoms with E-state index in [-0.39, 0.29) is 21.2 Å². The lowest BCUT2D eigenvalue weighted by atomic mass is 10.1. The van der Waals surface area contributed by atoms with Crippen molar-refractivity contribution in [1.82, 2.24) is 0 Å². The Bertz CT molecular complexity index is 755. The second kappa shape index (κ2) is 7.41. The summed E-state index contributed by atoms with van der Waals surface area (Å²) in [5, 5.41) is 0. The van der Waals surface area contributed by atoms with Crippen molar-refractivity contribution in [3.63, 3.8) is 0 Å². The summed E-state index contributed by atoms with van der Waals surface area (Å²) in [4.78, 5) is 0. The van der Waals surface area contributed by atoms with Crippen molar-refractivity contribution in [2.24, 2.45) is 0 Å². The molecule has 0 aliphatic rings. The lowest BCUT2D eigenvalue weighted by Gasteiger charge is -1.96. The zero-order valence-electron chi connectivity index (χ0n) is 12.5. The highest BCUT2D eigenvalue weighted by atomic mass is 127. The quantitative estimate of drug-likeness (QED) is 0.468. The monoisotopic (exact) mass is 397 g/mol. The van der Waals surface area contributed by atoms with Crippen LogP contribution >= 0.6 is 0 Å². The number of benzene rings is 3. The molecule has 0 spiro atoms. The zero-order chi connectivity index (χ0) is 15.2. The molecule has 108 valence electrons. The van der Waals surface area contributed by atoms with E-state index in [4.69, 9.17) is 0 Å². The predicted molar refractivity (Wildman–Crippen MR) is 90.4 cm³/mol. The molecule has 0 aromatic heterocycles. The van der Waals surface area contributed by atoms with Gasteiger partial charge in [-0.2, -0.15) is 0 Å². The fourth-order valence-electron chi connectivity index (χ4n) is 2.16. The Morgan fingerprint density at radius 3 is 2.14 bits per heavy atom. The van der Waals surface area contributed by atoms with Crippen LogP contribution in [-0.4, -0.2) is 0 Å². The van der Waals surface area contributed by atoms with Gasteiger partial charge in [0.15, 0.2) is 3.57 Å². The topological polar surface area (TPSA) is 0 Å². The van der Waals surface area contributed by atoms with Crippen molar-refractivity contribution in [2.75, 3.05) is 0 Å². The normalized spacial score (nSPS) is 11.0. The summed E-state index contributed by atoms with van der Waals surface area (Å²) in [5.41, 5.74) is 3.88. The predicted octanol–water partition coefficient (Wildman–Crippen LogP) is 2.29. The summed E-state index contributed by atoms with van der Waals surface area (Å²) in [6, 6.07) is 28.2. The van der Waals surface area contributed by atoms with Gasteiger partial charge in [-0.25, -0.2) is 0 Å². The SMILES string of the molecule is Cc1ccc(C=Cc2ccccc2[I+]c2ccccc2)cc1. The van der Waals surface area contributed by atoms with Crippen molar-refractivity contribution >= 4 is 12.2 Å². The molecule has 3 aromatic rings. The van der Waals surface area contributed by atoms with Gasteiger partial charge in [-0.15, -0.1) is 0 Å². The Kier molecular flexibility index (Phi) is 5.07. The molecule has 3 aromatic carbocycles. The molecule has 22 heavy (non-hydrogen) atoms. The summed E-state index contributed by atoms with van der Waals surface area (Å²) >= 11 is -0.132. The van der Waals surface area contributed by atoms with E-state index in [1.165, 1.54) is 23.8 Å². The largest absolute Gasteiger partial charge is 0.358 e. The third kappa shape index (κ3) is 4.08. The minimum Gasteiger partial charge on any atom is -0.0619 e. The van der Waals surface area contributed by atoms with Gasteiger partial charge in [-0.1, -0.05) is 72.3 Å². The lowest BCUT2D eigenvalue weighted by molar-refractivity contribution is -0.597. The summed E-state index contributed by atoms with van der Waals surface area (Å²) < 4.78 is 2.92. The van der Waals surface area contributed by atoms with Crippen LogP contribution in [0.1, 0.15) is 16.7 Å². The molecule has 0 heterocycles. The van der Waals surface area contributed by atoms with Crippen LogP contribution in [-0.2, 0) is 0 Å². The minimum atomic E-state index is -0.132. The molecular weight excluding hydrogens is 379 g/mol. The molecule has 0 saturated carbocycles. The highest BCUT2D eigenvalue weighted by Crippen LogP contribution is 2.09. The first kappa shape index (κ1) is 15.0. The molecule has 0 saturated heterocycles. The van der Waals surface area contributed by atoms with Crippen LogP contribution in [0.3, 0.4) is 0 Å². The standard InChI is InChI=1S/C21H18I/c1-17-11-13-18(14-12-17)15-16-19-7-5-6-10-21(19)22-20-8-3-2-4-9-20/h2-16H,1H3/q+1. The molecule has 0 N–H and O–H groups in total. The average Bonchev–Trinajstić information content (AvgIpc) is 2.56. The van der Waals surface area contributed by atoms with Gasteiger partial charge in [0.25, 0.3) is 0 Å². The second-order valence-corrected chi connectivity index (χ2v) is 8.10. The number of rotatable bonds is 4. The fraction of sp³-hybridized carbons (Fsp3) is 0.0476. The van der Waals surface area contributed by atoms with E-state index in [9.17, 15) is 0 Å². The Labute approximate surface area is 142 Å². The van der Waals surface area contributed by atoms with Gasteiger partial charge >= 0.3 is 21.2 Å². The maximum absolute atomic E-state index is 2.26. The van der Waals surface area contributed by atoms with Crippen LogP contribution in [0.5, 0.6) is 0 Å². The Balaban J connectivity index is 1.83. The van der Waals surface area contributed by atoms with Crippen molar-refractivity contribution in [2.45, 2.75) is 6.92 Å². The molecule has 0 atom stereocenters. The Morgan fingerprint density at radius 1 is 0.682 bits per heavy atom. The zero-order valence-corrected chi connectivity index (χ0v) is 14.7. The first-order chi connectivity index (χ1) is 10.8. The maximum atomic E-state index is 2.26. The number of hydrogen-bond donors (Lipinski definition) is 0. The number of hydrogen-bond acceptors (Lipinski definition) is 0. The minimum absolute atomic E-state index is 0.132. The van der Waals surface area contributed by atoms with Crippen molar-refractivity contribution < 1.29 is 21.2 Å². The van der Waals surface area contributed by atoms with Crippen LogP contribution in [0, 0.1) is 14.1 Å². The first-order valence-electron chi connectivity index (χ1n) is 7.35. The molecular formula is C21H18I+. The van der Waals surface area contributed by atoms with Crippen LogP contribution in [0.2, 0.25) is 0 Å². The van der Waals surface area contributed by atoms with Crippen molar-refractivity contribution in [1.29, 1.82) is 0 Å². The average molecular weight is 397 g/mol. The Morgan fingerprint density at radius 2 is 1.36 bits per heavy atom. The highest BCUT2D eigenvalue weighted by molar-refractivity contribution is 5.69. The van der Waals surface area contributed by atoms with Gasteiger partial charge < -0.3 is 0 Å². The molecule has 0 aliphatic heterocycles. The van der Waals surface area contributed by atoms with Crippen LogP contribution in [0.15, 0.2) is 78.9 Å². The summed E-state index contributed by atoms with van der Waals surface area (Å²) in [5.74, 6) is 0. The van der Waals surface area contributed by atoms with E-state index in [0.717, 1.165) is 0 Å². The van der Waals surface area contributed by atoms with Crippen LogP contribution < -0.4 is 21.2 Å². The molecule has 0 amide bonds. The van der Waals surface area contributed by atoms with Gasteiger partial charge in [0.1, 0.15) is 0 Å². The smallest absolute Gasteiger partial charge is 0.0619 e. The van der Waals surface area contributed by atoms with E-state index in [2.05, 4.69) is 97.9 Å². The second-order valence-electron chi connectivity index (χ2n) is 5.16. The molecule has 0 fully saturated rings. The van der Waals surface area contributed by atoms with Crippen LogP contribution in [0.4, 0.5) is 0 Å². The summed E-state index contributed by atoms with van der Waals surface area (Å²) in [6.07, 6.45) is 4.44. The van der Waals surface area contributed by atoms with Gasteiger partial charge in [0, 0.05) is 5.56 Å². The molecule has 0 nitrogen and oxygen atoms in total. The van der Waals surface area contributed by atoms with E-state index in [1.54, 1.807) is 0 Å². The molecule has 0 bridgehead atoms. The van der Waals surface area contributed by atoms with E-state index in [1.807, 2.05) is 0 Å². The maximum Gasteiger partial charge on any atom is 0.358 e. The van der Waals surface area contributed by atoms with Gasteiger partial charge in [0.05, 0.1) is 0 Å². The van der Waals surface area contributed by atoms with E-state index >= 15 is 0 Å². The van der Waals surface area contributed by atoms with Crippen molar-refractivity contribution in [3.05, 3.63) is 103 Å². The third-order valence-electron chi connectivity index (χ3n) is 3.38. The fourth-order valence-corrected chi connectivity index (χ4v) is 4.66. The van der Waals surface area contributed by atoms with Crippen molar-refractivity contribution in [3.8, 4) is 0 Å². The van der Waals surface area contributed by atoms with Gasteiger partial charge in [0.2, 0.25) is 3.57 Å². The van der Waals surface area contributed by atoms with E-state index < -0.39 is 0 Å². The number of aryl methyl sites for hydroxylation is 1. The Hall–Kier alpha value is -1.87. The van der Waals surface area contributed by atoms with E-state index in [0.29, 0.717) is 0 Å².